The van der Waals surface area contributed by atoms with Crippen molar-refractivity contribution >= 4 is 23.4 Å². The molecule has 2 aliphatic rings. The summed E-state index contributed by atoms with van der Waals surface area (Å²) in [5.74, 6) is -0.804. The Morgan fingerprint density at radius 3 is 2.65 bits per heavy atom. The molecule has 196 valence electrons. The molecular formula is C28H29ClFNO6. The molecule has 2 N–H and O–H groups in total. The Labute approximate surface area is 220 Å². The molecule has 0 saturated carbocycles. The summed E-state index contributed by atoms with van der Waals surface area (Å²) in [6.45, 7) is 5.85. The minimum Gasteiger partial charge on any atom is -0.496 e. The van der Waals surface area contributed by atoms with E-state index in [-0.39, 0.29) is 40.9 Å². The van der Waals surface area contributed by atoms with E-state index in [1.54, 1.807) is 25.1 Å². The van der Waals surface area contributed by atoms with Gasteiger partial charge in [-0.05, 0) is 42.2 Å². The summed E-state index contributed by atoms with van der Waals surface area (Å²) >= 11 is 5.88. The topological polar surface area (TPSA) is 97.1 Å². The zero-order chi connectivity index (χ0) is 26.9. The van der Waals surface area contributed by atoms with Crippen molar-refractivity contribution in [2.45, 2.75) is 46.1 Å². The Balaban J connectivity index is 1.78. The number of ketones is 1. The number of carbonyl (C=O) groups is 2. The highest BCUT2D eigenvalue weighted by Gasteiger charge is 2.45. The second-order valence-corrected chi connectivity index (χ2v) is 10.2. The van der Waals surface area contributed by atoms with Crippen LogP contribution in [0.3, 0.4) is 0 Å². The number of carbonyl (C=O) groups excluding carboxylic acids is 2. The number of halogens is 2. The van der Waals surface area contributed by atoms with Crippen LogP contribution in [-0.2, 0) is 25.7 Å². The zero-order valence-corrected chi connectivity index (χ0v) is 21.9. The summed E-state index contributed by atoms with van der Waals surface area (Å²) in [4.78, 5) is 26.4. The zero-order valence-electron chi connectivity index (χ0n) is 21.2. The van der Waals surface area contributed by atoms with Gasteiger partial charge < -0.3 is 24.7 Å². The van der Waals surface area contributed by atoms with Crippen molar-refractivity contribution in [1.29, 1.82) is 0 Å². The Morgan fingerprint density at radius 2 is 1.97 bits per heavy atom. The van der Waals surface area contributed by atoms with Gasteiger partial charge in [0.25, 0.3) is 0 Å². The molecule has 37 heavy (non-hydrogen) atoms. The lowest BCUT2D eigenvalue weighted by molar-refractivity contribution is -0.139. The average molecular weight is 530 g/mol. The molecule has 2 aromatic carbocycles. The highest BCUT2D eigenvalue weighted by atomic mass is 35.5. The van der Waals surface area contributed by atoms with Crippen LogP contribution in [0.5, 0.6) is 11.5 Å². The summed E-state index contributed by atoms with van der Waals surface area (Å²) in [7, 11) is 1.52. The fourth-order valence-electron chi connectivity index (χ4n) is 4.74. The lowest BCUT2D eigenvalue weighted by atomic mass is 9.70. The molecule has 7 nitrogen and oxygen atoms in total. The standard InChI is InChI=1S/C28H29ClFNO6/c1-5-35-27(33)25-23(24-20(32)12-28(2,3)13-22(24)37-26(25)31)15-6-9-21(34-4)16(10-15)14-36-17-7-8-19(30)18(29)11-17/h6-11,23H,5,12-14,31H2,1-4H3/t23-/m0/s1. The van der Waals surface area contributed by atoms with Crippen LogP contribution in [0, 0.1) is 11.2 Å². The first-order valence-corrected chi connectivity index (χ1v) is 12.3. The largest absolute Gasteiger partial charge is 0.496 e. The minimum absolute atomic E-state index is 0.0571. The number of Topliss-reactive ketones (excluding diaryl/α,β-unsaturated/α-hetero) is 1. The maximum Gasteiger partial charge on any atom is 0.340 e. The summed E-state index contributed by atoms with van der Waals surface area (Å²) in [5, 5.41) is -0.0571. The van der Waals surface area contributed by atoms with Gasteiger partial charge in [0.05, 0.1) is 24.7 Å². The second kappa shape index (κ2) is 10.5. The molecule has 0 aromatic heterocycles. The van der Waals surface area contributed by atoms with Crippen LogP contribution in [0.15, 0.2) is 59.2 Å². The lowest BCUT2D eigenvalue weighted by Gasteiger charge is -2.38. The monoisotopic (exact) mass is 529 g/mol. The van der Waals surface area contributed by atoms with E-state index in [2.05, 4.69) is 0 Å². The van der Waals surface area contributed by atoms with Crippen molar-refractivity contribution in [3.8, 4) is 11.5 Å². The molecule has 4 rings (SSSR count). The van der Waals surface area contributed by atoms with Crippen molar-refractivity contribution in [3.63, 3.8) is 0 Å². The molecule has 1 aliphatic heterocycles. The number of nitrogens with two attached hydrogens (primary N) is 1. The Bertz CT molecular complexity index is 1320. The van der Waals surface area contributed by atoms with E-state index < -0.39 is 17.7 Å². The Kier molecular flexibility index (Phi) is 7.50. The highest BCUT2D eigenvalue weighted by molar-refractivity contribution is 6.30. The van der Waals surface area contributed by atoms with Crippen molar-refractivity contribution in [2.24, 2.45) is 11.1 Å². The van der Waals surface area contributed by atoms with Crippen molar-refractivity contribution in [3.05, 3.63) is 81.2 Å². The number of hydrogen-bond acceptors (Lipinski definition) is 7. The third kappa shape index (κ3) is 5.44. The minimum atomic E-state index is -0.781. The Hall–Kier alpha value is -3.52. The van der Waals surface area contributed by atoms with Crippen molar-refractivity contribution < 1.29 is 32.9 Å². The highest BCUT2D eigenvalue weighted by Crippen LogP contribution is 2.48. The first-order valence-electron chi connectivity index (χ1n) is 11.9. The van der Waals surface area contributed by atoms with Crippen LogP contribution in [0.1, 0.15) is 50.7 Å². The first-order chi connectivity index (χ1) is 17.5. The predicted octanol–water partition coefficient (Wildman–Crippen LogP) is 5.56. The van der Waals surface area contributed by atoms with Crippen LogP contribution in [-0.4, -0.2) is 25.5 Å². The van der Waals surface area contributed by atoms with Crippen LogP contribution < -0.4 is 15.2 Å². The van der Waals surface area contributed by atoms with Gasteiger partial charge in [-0.25, -0.2) is 9.18 Å². The number of ether oxygens (including phenoxy) is 4. The van der Waals surface area contributed by atoms with E-state index in [1.807, 2.05) is 13.8 Å². The molecule has 0 saturated heterocycles. The molecule has 9 heteroatoms. The number of benzene rings is 2. The van der Waals surface area contributed by atoms with Crippen LogP contribution in [0.2, 0.25) is 5.02 Å². The maximum absolute atomic E-state index is 13.5. The number of esters is 1. The summed E-state index contributed by atoms with van der Waals surface area (Å²) in [6, 6.07) is 9.38. The van der Waals surface area contributed by atoms with Crippen molar-refractivity contribution in [2.75, 3.05) is 13.7 Å². The number of allylic oxidation sites excluding steroid dienone is 2. The number of rotatable bonds is 7. The SMILES string of the molecule is CCOC(=O)C1=C(N)OC2=C(C(=O)CC(C)(C)C2)[C@@H]1c1ccc(OC)c(COc2ccc(F)c(Cl)c2)c1. The number of methoxy groups -OCH3 is 1. The summed E-state index contributed by atoms with van der Waals surface area (Å²) < 4.78 is 36.0. The van der Waals surface area contributed by atoms with Crippen LogP contribution in [0.4, 0.5) is 4.39 Å². The van der Waals surface area contributed by atoms with Gasteiger partial charge in [-0.1, -0.05) is 31.5 Å². The van der Waals surface area contributed by atoms with Gasteiger partial charge in [-0.15, -0.1) is 0 Å². The van der Waals surface area contributed by atoms with Crippen LogP contribution >= 0.6 is 11.6 Å². The third-order valence-electron chi connectivity index (χ3n) is 6.37. The van der Waals surface area contributed by atoms with Gasteiger partial charge in [0.2, 0.25) is 5.88 Å². The van der Waals surface area contributed by atoms with E-state index in [1.165, 1.54) is 25.3 Å². The number of hydrogen-bond donors (Lipinski definition) is 1. The molecule has 2 aromatic rings. The molecule has 0 unspecified atom stereocenters. The lowest BCUT2D eigenvalue weighted by Crippen LogP contribution is -2.35. The molecule has 1 atom stereocenters. The molecular weight excluding hydrogens is 501 g/mol. The Morgan fingerprint density at radius 1 is 1.22 bits per heavy atom. The summed E-state index contributed by atoms with van der Waals surface area (Å²) in [5.41, 5.74) is 7.70. The molecule has 1 heterocycles. The van der Waals surface area contributed by atoms with E-state index >= 15 is 0 Å². The first kappa shape index (κ1) is 26.5. The molecule has 0 spiro atoms. The van der Waals surface area contributed by atoms with Gasteiger partial charge in [0, 0.05) is 30.0 Å². The van der Waals surface area contributed by atoms with Gasteiger partial charge in [0.15, 0.2) is 5.78 Å². The third-order valence-corrected chi connectivity index (χ3v) is 6.66. The van der Waals surface area contributed by atoms with Gasteiger partial charge in [-0.3, -0.25) is 4.79 Å². The molecule has 0 amide bonds. The molecule has 0 radical (unpaired) electrons. The van der Waals surface area contributed by atoms with Gasteiger partial charge in [-0.2, -0.15) is 0 Å². The van der Waals surface area contributed by atoms with E-state index in [9.17, 15) is 14.0 Å². The summed E-state index contributed by atoms with van der Waals surface area (Å²) in [6.07, 6.45) is 0.804. The second-order valence-electron chi connectivity index (χ2n) is 9.75. The van der Waals surface area contributed by atoms with Crippen LogP contribution in [0.25, 0.3) is 0 Å². The normalized spacial score (nSPS) is 18.8. The van der Waals surface area contributed by atoms with E-state index in [4.69, 9.17) is 36.3 Å². The van der Waals surface area contributed by atoms with Gasteiger partial charge in [0.1, 0.15) is 35.3 Å². The fourth-order valence-corrected chi connectivity index (χ4v) is 4.91. The quantitative estimate of drug-likeness (QED) is 0.469. The molecule has 0 fully saturated rings. The van der Waals surface area contributed by atoms with E-state index in [0.717, 1.165) is 0 Å². The average Bonchev–Trinajstić information content (AvgIpc) is 2.83. The predicted molar refractivity (Wildman–Crippen MR) is 135 cm³/mol. The van der Waals surface area contributed by atoms with Gasteiger partial charge >= 0.3 is 5.97 Å². The maximum atomic E-state index is 13.5. The van der Waals surface area contributed by atoms with Crippen molar-refractivity contribution in [1.82, 2.24) is 0 Å². The smallest absolute Gasteiger partial charge is 0.340 e. The molecule has 0 bridgehead atoms. The fraction of sp³-hybridized carbons (Fsp3) is 0.357. The molecule has 1 aliphatic carbocycles. The van der Waals surface area contributed by atoms with E-state index in [0.29, 0.717) is 46.8 Å².